The molecule has 0 unspecified atom stereocenters. The molecule has 2 nitrogen and oxygen atoms in total. The van der Waals surface area contributed by atoms with Crippen LogP contribution in [-0.2, 0) is 0 Å². The van der Waals surface area contributed by atoms with Crippen molar-refractivity contribution in [1.29, 1.82) is 0 Å². The van der Waals surface area contributed by atoms with Crippen LogP contribution in [0.4, 0.5) is 10.1 Å². The second-order valence-corrected chi connectivity index (χ2v) is 6.04. The van der Waals surface area contributed by atoms with E-state index in [4.69, 9.17) is 0 Å². The van der Waals surface area contributed by atoms with E-state index in [-0.39, 0.29) is 11.2 Å². The van der Waals surface area contributed by atoms with Gasteiger partial charge in [-0.1, -0.05) is 26.0 Å². The minimum atomic E-state index is -0.638. The summed E-state index contributed by atoms with van der Waals surface area (Å²) in [5.41, 5.74) is 1.48. The van der Waals surface area contributed by atoms with Gasteiger partial charge in [-0.25, -0.2) is 4.39 Å². The third kappa shape index (κ3) is 2.66. The zero-order valence-electron chi connectivity index (χ0n) is 11.4. The van der Waals surface area contributed by atoms with Gasteiger partial charge in [0.1, 0.15) is 5.82 Å². The maximum Gasteiger partial charge on any atom is 0.146 e. The molecule has 1 N–H and O–H groups in total. The van der Waals surface area contributed by atoms with Crippen LogP contribution in [0.15, 0.2) is 18.2 Å². The van der Waals surface area contributed by atoms with Crippen LogP contribution >= 0.6 is 0 Å². The van der Waals surface area contributed by atoms with Gasteiger partial charge in [0.2, 0.25) is 0 Å². The highest BCUT2D eigenvalue weighted by atomic mass is 19.1. The monoisotopic (exact) mass is 251 g/mol. The molecule has 0 radical (unpaired) electrons. The Labute approximate surface area is 108 Å². The zero-order valence-corrected chi connectivity index (χ0v) is 11.4. The number of rotatable bonds is 2. The molecule has 100 valence electrons. The number of benzene rings is 1. The van der Waals surface area contributed by atoms with Crippen molar-refractivity contribution in [3.63, 3.8) is 0 Å². The van der Waals surface area contributed by atoms with Crippen molar-refractivity contribution >= 4 is 5.69 Å². The van der Waals surface area contributed by atoms with Crippen LogP contribution in [0.5, 0.6) is 0 Å². The summed E-state index contributed by atoms with van der Waals surface area (Å²) in [7, 11) is 0. The standard InChI is InChI=1S/C15H22FNO/c1-11(18)12-6-4-7-13(16)14(12)17-9-5-8-15(2,3)10-17/h4,6-7,11,18H,5,8-10H2,1-3H3/t11-/m1/s1. The van der Waals surface area contributed by atoms with E-state index in [1.807, 2.05) is 6.07 Å². The topological polar surface area (TPSA) is 23.5 Å². The summed E-state index contributed by atoms with van der Waals surface area (Å²) >= 11 is 0. The number of hydrogen-bond donors (Lipinski definition) is 1. The first-order valence-electron chi connectivity index (χ1n) is 6.62. The molecular formula is C15H22FNO. The van der Waals surface area contributed by atoms with E-state index in [9.17, 15) is 9.50 Å². The Balaban J connectivity index is 2.38. The van der Waals surface area contributed by atoms with E-state index in [0.717, 1.165) is 19.5 Å². The molecule has 1 aliphatic heterocycles. The highest BCUT2D eigenvalue weighted by molar-refractivity contribution is 5.56. The molecule has 1 aliphatic rings. The lowest BCUT2D eigenvalue weighted by Gasteiger charge is -2.40. The maximum absolute atomic E-state index is 14.1. The fraction of sp³-hybridized carbons (Fsp3) is 0.600. The molecule has 0 saturated carbocycles. The maximum atomic E-state index is 14.1. The van der Waals surface area contributed by atoms with E-state index >= 15 is 0 Å². The number of aliphatic hydroxyl groups excluding tert-OH is 1. The quantitative estimate of drug-likeness (QED) is 0.869. The molecule has 0 spiro atoms. The summed E-state index contributed by atoms with van der Waals surface area (Å²) in [4.78, 5) is 2.08. The van der Waals surface area contributed by atoms with Crippen LogP contribution in [0.1, 0.15) is 45.3 Å². The molecule has 0 aliphatic carbocycles. The number of anilines is 1. The van der Waals surface area contributed by atoms with Gasteiger partial charge in [-0.15, -0.1) is 0 Å². The Kier molecular flexibility index (Phi) is 3.62. The SMILES string of the molecule is C[C@@H](O)c1cccc(F)c1N1CCCC(C)(C)C1. The lowest BCUT2D eigenvalue weighted by Crippen LogP contribution is -2.41. The van der Waals surface area contributed by atoms with Crippen LogP contribution in [0.2, 0.25) is 0 Å². The van der Waals surface area contributed by atoms with Crippen molar-refractivity contribution in [2.75, 3.05) is 18.0 Å². The Hall–Kier alpha value is -1.09. The first kappa shape index (κ1) is 13.3. The van der Waals surface area contributed by atoms with Gasteiger partial charge in [-0.05, 0) is 31.2 Å². The van der Waals surface area contributed by atoms with Gasteiger partial charge in [0.15, 0.2) is 0 Å². The fourth-order valence-corrected chi connectivity index (χ4v) is 2.82. The summed E-state index contributed by atoms with van der Waals surface area (Å²) < 4.78 is 14.1. The second kappa shape index (κ2) is 4.88. The van der Waals surface area contributed by atoms with Crippen molar-refractivity contribution in [3.8, 4) is 0 Å². The second-order valence-electron chi connectivity index (χ2n) is 6.04. The molecule has 1 heterocycles. The van der Waals surface area contributed by atoms with Gasteiger partial charge in [0.25, 0.3) is 0 Å². The lowest BCUT2D eigenvalue weighted by atomic mass is 9.83. The van der Waals surface area contributed by atoms with E-state index in [1.54, 1.807) is 13.0 Å². The normalized spacial score (nSPS) is 20.8. The van der Waals surface area contributed by atoms with Gasteiger partial charge < -0.3 is 10.0 Å². The zero-order chi connectivity index (χ0) is 13.3. The van der Waals surface area contributed by atoms with E-state index in [2.05, 4.69) is 18.7 Å². The smallest absolute Gasteiger partial charge is 0.146 e. The Morgan fingerprint density at radius 2 is 2.11 bits per heavy atom. The summed E-state index contributed by atoms with van der Waals surface area (Å²) in [6.07, 6.45) is 1.60. The predicted molar refractivity (Wildman–Crippen MR) is 72.3 cm³/mol. The molecule has 1 fully saturated rings. The summed E-state index contributed by atoms with van der Waals surface area (Å²) in [6.45, 7) is 7.81. The summed E-state index contributed by atoms with van der Waals surface area (Å²) in [5.74, 6) is -0.230. The molecule has 3 heteroatoms. The van der Waals surface area contributed by atoms with Gasteiger partial charge in [0.05, 0.1) is 11.8 Å². The third-order valence-electron chi connectivity index (χ3n) is 3.68. The average molecular weight is 251 g/mol. The molecule has 2 rings (SSSR count). The number of halogens is 1. The minimum Gasteiger partial charge on any atom is -0.389 e. The van der Waals surface area contributed by atoms with Crippen LogP contribution in [0.3, 0.4) is 0 Å². The highest BCUT2D eigenvalue weighted by Gasteiger charge is 2.29. The Morgan fingerprint density at radius 1 is 1.39 bits per heavy atom. The minimum absolute atomic E-state index is 0.205. The van der Waals surface area contributed by atoms with Crippen LogP contribution in [0.25, 0.3) is 0 Å². The van der Waals surface area contributed by atoms with Crippen molar-refractivity contribution in [3.05, 3.63) is 29.6 Å². The van der Waals surface area contributed by atoms with Crippen LogP contribution in [-0.4, -0.2) is 18.2 Å². The molecule has 1 saturated heterocycles. The van der Waals surface area contributed by atoms with E-state index < -0.39 is 6.10 Å². The molecule has 1 aromatic carbocycles. The Morgan fingerprint density at radius 3 is 2.72 bits per heavy atom. The number of para-hydroxylation sites is 1. The number of aliphatic hydroxyl groups is 1. The molecule has 0 bridgehead atoms. The molecule has 0 amide bonds. The van der Waals surface area contributed by atoms with Crippen molar-refractivity contribution in [1.82, 2.24) is 0 Å². The summed E-state index contributed by atoms with van der Waals surface area (Å²) in [6, 6.07) is 4.95. The number of hydrogen-bond acceptors (Lipinski definition) is 2. The van der Waals surface area contributed by atoms with Crippen molar-refractivity contribution in [2.45, 2.75) is 39.7 Å². The van der Waals surface area contributed by atoms with Crippen LogP contribution in [0, 0.1) is 11.2 Å². The first-order valence-corrected chi connectivity index (χ1v) is 6.62. The van der Waals surface area contributed by atoms with Gasteiger partial charge in [-0.3, -0.25) is 0 Å². The summed E-state index contributed by atoms with van der Waals surface area (Å²) in [5, 5.41) is 9.80. The van der Waals surface area contributed by atoms with Crippen molar-refractivity contribution < 1.29 is 9.50 Å². The number of piperidine rings is 1. The first-order chi connectivity index (χ1) is 8.41. The van der Waals surface area contributed by atoms with Crippen molar-refractivity contribution in [2.24, 2.45) is 5.41 Å². The predicted octanol–water partition coefficient (Wildman–Crippen LogP) is 3.51. The fourth-order valence-electron chi connectivity index (χ4n) is 2.82. The molecule has 1 aromatic rings. The van der Waals surface area contributed by atoms with Gasteiger partial charge >= 0.3 is 0 Å². The van der Waals surface area contributed by atoms with Gasteiger partial charge in [-0.2, -0.15) is 0 Å². The largest absolute Gasteiger partial charge is 0.389 e. The molecule has 0 aromatic heterocycles. The van der Waals surface area contributed by atoms with E-state index in [1.165, 1.54) is 12.5 Å². The Bertz CT molecular complexity index is 429. The van der Waals surface area contributed by atoms with Gasteiger partial charge in [0, 0.05) is 18.7 Å². The van der Waals surface area contributed by atoms with Crippen LogP contribution < -0.4 is 4.90 Å². The molecular weight excluding hydrogens is 229 g/mol. The third-order valence-corrected chi connectivity index (χ3v) is 3.68. The lowest BCUT2D eigenvalue weighted by molar-refractivity contribution is 0.198. The highest BCUT2D eigenvalue weighted by Crippen LogP contribution is 2.36. The molecule has 18 heavy (non-hydrogen) atoms. The molecule has 1 atom stereocenters. The van der Waals surface area contributed by atoms with E-state index in [0.29, 0.717) is 11.3 Å². The average Bonchev–Trinajstić information content (AvgIpc) is 2.27. The number of nitrogens with zero attached hydrogens (tertiary/aromatic N) is 1.